The van der Waals surface area contributed by atoms with Crippen LogP contribution in [0, 0.1) is 6.92 Å². The van der Waals surface area contributed by atoms with Gasteiger partial charge in [0.1, 0.15) is 0 Å². The highest BCUT2D eigenvalue weighted by molar-refractivity contribution is 7.99. The van der Waals surface area contributed by atoms with Gasteiger partial charge in [-0.2, -0.15) is 0 Å². The highest BCUT2D eigenvalue weighted by Crippen LogP contribution is 2.29. The highest BCUT2D eigenvalue weighted by atomic mass is 32.2. The van der Waals surface area contributed by atoms with E-state index >= 15 is 0 Å². The quantitative estimate of drug-likeness (QED) is 0.156. The first-order valence-electron chi connectivity index (χ1n) is 12.4. The summed E-state index contributed by atoms with van der Waals surface area (Å²) in [5.74, 6) is 1.73. The predicted octanol–water partition coefficient (Wildman–Crippen LogP) is 4.46. The first kappa shape index (κ1) is 29.9. The van der Waals surface area contributed by atoms with Crippen molar-refractivity contribution in [3.05, 3.63) is 53.1 Å². The van der Waals surface area contributed by atoms with Gasteiger partial charge >= 0.3 is 0 Å². The first-order chi connectivity index (χ1) is 18.2. The molecule has 3 aromatic rings. The number of benzene rings is 2. The van der Waals surface area contributed by atoms with Gasteiger partial charge in [-0.3, -0.25) is 0 Å². The van der Waals surface area contributed by atoms with Crippen LogP contribution in [0.3, 0.4) is 0 Å². The summed E-state index contributed by atoms with van der Waals surface area (Å²) in [5, 5.41) is 10.2. The van der Waals surface area contributed by atoms with Gasteiger partial charge in [0.25, 0.3) is 0 Å². The fourth-order valence-electron chi connectivity index (χ4n) is 3.43. The Labute approximate surface area is 227 Å². The van der Waals surface area contributed by atoms with E-state index in [1.54, 1.807) is 18.9 Å². The van der Waals surface area contributed by atoms with Gasteiger partial charge in [-0.05, 0) is 41.8 Å². The molecule has 37 heavy (non-hydrogen) atoms. The number of hydrogen-bond donors (Lipinski definition) is 2. The van der Waals surface area contributed by atoms with Crippen molar-refractivity contribution in [2.45, 2.75) is 29.3 Å². The van der Waals surface area contributed by atoms with Crippen LogP contribution in [0.25, 0.3) is 11.0 Å². The minimum Gasteiger partial charge on any atom is -0.392 e. The highest BCUT2D eigenvalue weighted by Gasteiger charge is 2.08. The number of thioether (sulfide) groups is 2. The van der Waals surface area contributed by atoms with Gasteiger partial charge in [0.15, 0.2) is 5.16 Å². The van der Waals surface area contributed by atoms with Crippen LogP contribution in [0.4, 0.5) is 0 Å². The van der Waals surface area contributed by atoms with E-state index in [9.17, 15) is 5.11 Å². The maximum atomic E-state index is 9.33. The zero-order valence-electron chi connectivity index (χ0n) is 21.7. The molecule has 0 amide bonds. The van der Waals surface area contributed by atoms with Crippen LogP contribution >= 0.6 is 23.5 Å². The summed E-state index contributed by atoms with van der Waals surface area (Å²) >= 11 is 3.50. The Morgan fingerprint density at radius 2 is 1.51 bits per heavy atom. The summed E-state index contributed by atoms with van der Waals surface area (Å²) in [7, 11) is 1.65. The van der Waals surface area contributed by atoms with Gasteiger partial charge in [0.05, 0.1) is 77.1 Å². The van der Waals surface area contributed by atoms with Crippen LogP contribution in [0.15, 0.2) is 46.5 Å². The summed E-state index contributed by atoms with van der Waals surface area (Å²) in [6.07, 6.45) is 0. The fourth-order valence-corrected chi connectivity index (χ4v) is 5.32. The zero-order valence-corrected chi connectivity index (χ0v) is 23.3. The lowest BCUT2D eigenvalue weighted by Gasteiger charge is -2.11. The minimum absolute atomic E-state index is 0.0241. The van der Waals surface area contributed by atoms with E-state index in [2.05, 4.69) is 35.1 Å². The molecule has 204 valence electrons. The maximum Gasteiger partial charge on any atom is 0.166 e. The average molecular weight is 551 g/mol. The lowest BCUT2D eigenvalue weighted by atomic mass is 10.1. The Hall–Kier alpha value is -1.63. The van der Waals surface area contributed by atoms with Gasteiger partial charge in [0, 0.05) is 23.5 Å². The molecule has 2 aromatic carbocycles. The van der Waals surface area contributed by atoms with Crippen molar-refractivity contribution in [3.8, 4) is 0 Å². The summed E-state index contributed by atoms with van der Waals surface area (Å²) in [6.45, 7) is 7.45. The summed E-state index contributed by atoms with van der Waals surface area (Å²) in [4.78, 5) is 9.29. The number of aromatic amines is 1. The molecule has 0 bridgehead atoms. The van der Waals surface area contributed by atoms with E-state index < -0.39 is 0 Å². The Balaban J connectivity index is 1.26. The van der Waals surface area contributed by atoms with Crippen molar-refractivity contribution in [1.29, 1.82) is 0 Å². The lowest BCUT2D eigenvalue weighted by Crippen LogP contribution is -2.13. The Morgan fingerprint density at radius 3 is 2.19 bits per heavy atom. The third kappa shape index (κ3) is 10.9. The van der Waals surface area contributed by atoms with Crippen LogP contribution in [0.1, 0.15) is 16.7 Å². The van der Waals surface area contributed by atoms with Crippen LogP contribution in [0.2, 0.25) is 0 Å². The SMILES string of the molecule is COCCOCCOCCOCCOCCSc1cccc(CSc2nc3cc(CO)ccc3[nH]2)c1C. The number of aromatic nitrogens is 2. The number of aliphatic hydroxyl groups is 1. The van der Waals surface area contributed by atoms with Crippen molar-refractivity contribution in [2.75, 3.05) is 72.3 Å². The molecular weight excluding hydrogens is 512 g/mol. The number of H-pyrrole nitrogens is 1. The number of aliphatic hydroxyl groups excluding tert-OH is 1. The second kappa shape index (κ2) is 17.8. The molecule has 1 heterocycles. The van der Waals surface area contributed by atoms with E-state index in [1.807, 2.05) is 30.0 Å². The summed E-state index contributed by atoms with van der Waals surface area (Å²) in [6, 6.07) is 12.2. The molecule has 8 nitrogen and oxygen atoms in total. The number of nitrogens with zero attached hydrogens (tertiary/aromatic N) is 1. The van der Waals surface area contributed by atoms with Crippen molar-refractivity contribution in [2.24, 2.45) is 0 Å². The van der Waals surface area contributed by atoms with Crippen molar-refractivity contribution < 1.29 is 28.8 Å². The van der Waals surface area contributed by atoms with Gasteiger partial charge in [-0.15, -0.1) is 11.8 Å². The van der Waals surface area contributed by atoms with E-state index in [4.69, 9.17) is 23.7 Å². The molecule has 2 N–H and O–H groups in total. The largest absolute Gasteiger partial charge is 0.392 e. The van der Waals surface area contributed by atoms with Gasteiger partial charge < -0.3 is 33.8 Å². The molecule has 0 saturated carbocycles. The van der Waals surface area contributed by atoms with Crippen LogP contribution in [-0.2, 0) is 36.0 Å². The average Bonchev–Trinajstić information content (AvgIpc) is 3.33. The molecule has 0 aliphatic carbocycles. The van der Waals surface area contributed by atoms with E-state index in [0.717, 1.165) is 33.3 Å². The molecule has 0 radical (unpaired) electrons. The Kier molecular flexibility index (Phi) is 14.4. The molecule has 0 atom stereocenters. The Bertz CT molecular complexity index is 1050. The van der Waals surface area contributed by atoms with Crippen molar-refractivity contribution in [3.63, 3.8) is 0 Å². The molecule has 0 fully saturated rings. The molecule has 0 saturated heterocycles. The molecule has 1 aromatic heterocycles. The number of methoxy groups -OCH3 is 1. The molecule has 10 heteroatoms. The predicted molar refractivity (Wildman–Crippen MR) is 149 cm³/mol. The zero-order chi connectivity index (χ0) is 26.1. The molecule has 0 unspecified atom stereocenters. The van der Waals surface area contributed by atoms with Crippen LogP contribution in [0.5, 0.6) is 0 Å². The molecule has 3 rings (SSSR count). The number of rotatable bonds is 20. The van der Waals surface area contributed by atoms with Gasteiger partial charge in [0.2, 0.25) is 0 Å². The molecule has 0 aliphatic heterocycles. The minimum atomic E-state index is 0.0241. The van der Waals surface area contributed by atoms with E-state index in [0.29, 0.717) is 59.5 Å². The third-order valence-electron chi connectivity index (χ3n) is 5.50. The number of ether oxygens (including phenoxy) is 5. The first-order valence-corrected chi connectivity index (χ1v) is 14.4. The number of hydrogen-bond acceptors (Lipinski definition) is 9. The standard InChI is InChI=1S/C27H38N2O6S2/c1-21-23(20-37-27-28-24-7-6-22(19-30)18-25(24)29-27)4-3-5-26(21)36-17-16-35-15-14-34-13-12-33-11-10-32-9-8-31-2/h3-7,18,30H,8-17,19-20H2,1-2H3,(H,28,29). The number of imidazole rings is 1. The number of nitrogens with one attached hydrogen (secondary N) is 1. The smallest absolute Gasteiger partial charge is 0.166 e. The lowest BCUT2D eigenvalue weighted by molar-refractivity contribution is -0.00660. The van der Waals surface area contributed by atoms with E-state index in [1.165, 1.54) is 16.0 Å². The van der Waals surface area contributed by atoms with Crippen molar-refractivity contribution in [1.82, 2.24) is 9.97 Å². The van der Waals surface area contributed by atoms with Gasteiger partial charge in [-0.25, -0.2) is 4.98 Å². The monoisotopic (exact) mass is 550 g/mol. The second-order valence-electron chi connectivity index (χ2n) is 8.17. The van der Waals surface area contributed by atoms with E-state index in [-0.39, 0.29) is 6.61 Å². The normalized spacial score (nSPS) is 11.5. The Morgan fingerprint density at radius 1 is 0.838 bits per heavy atom. The fraction of sp³-hybridized carbons (Fsp3) is 0.519. The van der Waals surface area contributed by atoms with Crippen molar-refractivity contribution >= 4 is 34.6 Å². The molecule has 0 aliphatic rings. The van der Waals surface area contributed by atoms with Crippen LogP contribution in [-0.4, -0.2) is 87.4 Å². The second-order valence-corrected chi connectivity index (χ2v) is 10.3. The summed E-state index contributed by atoms with van der Waals surface area (Å²) < 4.78 is 26.9. The summed E-state index contributed by atoms with van der Waals surface area (Å²) in [5.41, 5.74) is 5.33. The topological polar surface area (TPSA) is 95.1 Å². The number of fused-ring (bicyclic) bond motifs is 1. The molecule has 0 spiro atoms. The third-order valence-corrected chi connectivity index (χ3v) is 7.55. The maximum absolute atomic E-state index is 9.33. The van der Waals surface area contributed by atoms with Gasteiger partial charge in [-0.1, -0.05) is 30.0 Å². The molecular formula is C27H38N2O6S2. The van der Waals surface area contributed by atoms with Crippen LogP contribution < -0.4 is 0 Å².